The maximum absolute atomic E-state index is 7.38. The summed E-state index contributed by atoms with van der Waals surface area (Å²) in [6.07, 6.45) is 0. The van der Waals surface area contributed by atoms with E-state index in [1.54, 1.807) is 0 Å². The number of hydrogen-bond acceptors (Lipinski definition) is 1. The first-order valence-electron chi connectivity index (χ1n) is 4.76. The van der Waals surface area contributed by atoms with E-state index in [0.29, 0.717) is 0 Å². The molecule has 0 saturated heterocycles. The lowest BCUT2D eigenvalue weighted by Gasteiger charge is -1.90. The second-order valence-electron chi connectivity index (χ2n) is 1.31. The van der Waals surface area contributed by atoms with Gasteiger partial charge in [0.2, 0.25) is 0 Å². The van der Waals surface area contributed by atoms with Crippen LogP contribution in [0.4, 0.5) is 0 Å². The van der Waals surface area contributed by atoms with Crippen molar-refractivity contribution in [1.29, 1.82) is 0 Å². The zero-order valence-corrected chi connectivity index (χ0v) is 4.28. The van der Waals surface area contributed by atoms with Crippen molar-refractivity contribution in [1.82, 2.24) is 0 Å². The smallest absolute Gasteiger partial charge is 0.0626 e. The van der Waals surface area contributed by atoms with E-state index < -0.39 is 0 Å². The molecule has 0 heterocycles. The number of nitrogens with two attached hydrogens (primary N) is 1. The van der Waals surface area contributed by atoms with Crippen molar-refractivity contribution in [2.75, 3.05) is 0 Å². The molecule has 0 atom stereocenters. The van der Waals surface area contributed by atoms with E-state index in [9.17, 15) is 0 Å². The van der Waals surface area contributed by atoms with E-state index in [0.717, 1.165) is 0 Å². The molecule has 0 aliphatic carbocycles. The molecular formula is C7H9N. The molecule has 0 bridgehead atoms. The van der Waals surface area contributed by atoms with Crippen molar-refractivity contribution in [3.8, 4) is 0 Å². The van der Waals surface area contributed by atoms with Crippen molar-refractivity contribution >= 4 is 0 Å². The lowest BCUT2D eigenvalue weighted by Crippen LogP contribution is -1.94. The minimum atomic E-state index is -0.382. The van der Waals surface area contributed by atoms with Crippen molar-refractivity contribution in [2.24, 2.45) is 5.73 Å². The van der Waals surface area contributed by atoms with Gasteiger partial charge in [-0.05, 0) is 5.56 Å². The highest BCUT2D eigenvalue weighted by Gasteiger charge is 1.80. The van der Waals surface area contributed by atoms with Crippen molar-refractivity contribution in [3.63, 3.8) is 0 Å². The highest BCUT2D eigenvalue weighted by Crippen LogP contribution is 1.94. The molecule has 0 unspecified atom stereocenters. The molecule has 0 aliphatic rings. The second-order valence-corrected chi connectivity index (χ2v) is 1.31. The first-order chi connectivity index (χ1) is 6.00. The van der Waals surface area contributed by atoms with Crippen LogP contribution in [-0.4, -0.2) is 0 Å². The molecule has 0 spiro atoms. The summed E-state index contributed by atoms with van der Waals surface area (Å²) in [7, 11) is 0. The second kappa shape index (κ2) is 2.48. The van der Waals surface area contributed by atoms with E-state index in [-0.39, 0.29) is 42.3 Å². The fourth-order valence-corrected chi connectivity index (χ4v) is 0.378. The fourth-order valence-electron chi connectivity index (χ4n) is 0.378. The van der Waals surface area contributed by atoms with Gasteiger partial charge < -0.3 is 5.73 Å². The van der Waals surface area contributed by atoms with Gasteiger partial charge in [0.25, 0.3) is 0 Å². The fraction of sp³-hybridized carbons (Fsp3) is 0.143. The average molecular weight is 112 g/mol. The number of hydrogen-bond donors (Lipinski definition) is 1. The third-order valence-corrected chi connectivity index (χ3v) is 0.756. The van der Waals surface area contributed by atoms with Gasteiger partial charge in [-0.1, -0.05) is 30.2 Å². The zero-order chi connectivity index (χ0) is 10.2. The summed E-state index contributed by atoms with van der Waals surface area (Å²) in [5.41, 5.74) is 5.43. The topological polar surface area (TPSA) is 26.0 Å². The Bertz CT molecular complexity index is 320. The molecule has 0 aliphatic heterocycles. The molecule has 0 fully saturated rings. The molecule has 2 N–H and O–H groups in total. The predicted molar refractivity (Wildman–Crippen MR) is 34.3 cm³/mol. The normalized spacial score (nSPS) is 17.9. The Morgan fingerprint density at radius 2 is 2.00 bits per heavy atom. The van der Waals surface area contributed by atoms with Gasteiger partial charge in [0.1, 0.15) is 0 Å². The minimum Gasteiger partial charge on any atom is -0.326 e. The van der Waals surface area contributed by atoms with Crippen molar-refractivity contribution in [2.45, 2.75) is 6.54 Å². The summed E-state index contributed by atoms with van der Waals surface area (Å²) in [6, 6.07) is -1.47. The lowest BCUT2D eigenvalue weighted by atomic mass is 10.2. The van der Waals surface area contributed by atoms with Gasteiger partial charge in [0.15, 0.2) is 0 Å². The molecular weight excluding hydrogens is 98.1 g/mol. The van der Waals surface area contributed by atoms with E-state index >= 15 is 0 Å². The minimum absolute atomic E-state index is 0.0459. The summed E-state index contributed by atoms with van der Waals surface area (Å²) >= 11 is 0. The summed E-state index contributed by atoms with van der Waals surface area (Å²) in [5.74, 6) is 0. The average Bonchev–Trinajstić information content (AvgIpc) is 2.13. The van der Waals surface area contributed by atoms with E-state index in [1.807, 2.05) is 0 Å². The Morgan fingerprint density at radius 1 is 1.38 bits per heavy atom. The highest BCUT2D eigenvalue weighted by molar-refractivity contribution is 5.13. The first kappa shape index (κ1) is 1.85. The van der Waals surface area contributed by atoms with Crippen LogP contribution in [0.25, 0.3) is 0 Å². The van der Waals surface area contributed by atoms with Gasteiger partial charge in [0, 0.05) is 6.54 Å². The Labute approximate surface area is 56.2 Å². The molecule has 1 heteroatoms. The monoisotopic (exact) mass is 112 g/mol. The zero-order valence-electron chi connectivity index (χ0n) is 9.28. The van der Waals surface area contributed by atoms with E-state index in [4.69, 9.17) is 12.6 Å². The van der Waals surface area contributed by atoms with Gasteiger partial charge in [-0.25, -0.2) is 0 Å². The van der Waals surface area contributed by atoms with Gasteiger partial charge in [-0.3, -0.25) is 0 Å². The summed E-state index contributed by atoms with van der Waals surface area (Å²) < 4.78 is 36.6. The summed E-state index contributed by atoms with van der Waals surface area (Å²) in [4.78, 5) is 0. The molecule has 0 saturated carbocycles. The van der Waals surface area contributed by atoms with Crippen LogP contribution in [0, 0.1) is 0 Å². The van der Waals surface area contributed by atoms with E-state index in [2.05, 4.69) is 0 Å². The maximum atomic E-state index is 7.38. The number of rotatable bonds is 1. The van der Waals surface area contributed by atoms with Crippen LogP contribution >= 0.6 is 0 Å². The Morgan fingerprint density at radius 3 is 2.50 bits per heavy atom. The van der Waals surface area contributed by atoms with Crippen molar-refractivity contribution < 1.29 is 6.85 Å². The number of benzene rings is 1. The SMILES string of the molecule is [2H]c1c([2H])c([2H])c(CN)c([2H])c1[2H]. The van der Waals surface area contributed by atoms with Crippen LogP contribution in [-0.2, 0) is 6.54 Å². The largest absolute Gasteiger partial charge is 0.326 e. The highest BCUT2D eigenvalue weighted by atomic mass is 14.5. The van der Waals surface area contributed by atoms with Crippen LogP contribution in [0.5, 0.6) is 0 Å². The molecule has 1 rings (SSSR count). The molecule has 0 aromatic heterocycles. The van der Waals surface area contributed by atoms with Gasteiger partial charge in [0.05, 0.1) is 6.85 Å². The van der Waals surface area contributed by atoms with Crippen LogP contribution in [0.2, 0.25) is 0 Å². The van der Waals surface area contributed by atoms with Crippen LogP contribution in [0.3, 0.4) is 0 Å². The predicted octanol–water partition coefficient (Wildman–Crippen LogP) is 1.15. The molecule has 8 heavy (non-hydrogen) atoms. The quantitative estimate of drug-likeness (QED) is 0.579. The third kappa shape index (κ3) is 1.07. The van der Waals surface area contributed by atoms with Crippen LogP contribution in [0.15, 0.2) is 30.2 Å². The van der Waals surface area contributed by atoms with Crippen molar-refractivity contribution in [3.05, 3.63) is 35.8 Å². The molecule has 1 aromatic carbocycles. The van der Waals surface area contributed by atoms with Gasteiger partial charge in [-0.15, -0.1) is 0 Å². The van der Waals surface area contributed by atoms with Crippen LogP contribution < -0.4 is 5.73 Å². The molecule has 1 nitrogen and oxygen atoms in total. The van der Waals surface area contributed by atoms with E-state index in [1.165, 1.54) is 0 Å². The Hall–Kier alpha value is -0.820. The molecule has 42 valence electrons. The molecule has 1 aromatic rings. The molecule has 0 radical (unpaired) electrons. The van der Waals surface area contributed by atoms with Gasteiger partial charge in [-0.2, -0.15) is 0 Å². The Kier molecular flexibility index (Phi) is 0.573. The lowest BCUT2D eigenvalue weighted by molar-refractivity contribution is 1.07. The first-order valence-corrected chi connectivity index (χ1v) is 2.26. The third-order valence-electron chi connectivity index (χ3n) is 0.756. The standard InChI is InChI=1S/C7H9N/c8-6-7-4-2-1-3-5-7/h1-5H,6,8H2/i1D,2D,3D,4D,5D. The Balaban J connectivity index is 3.56. The summed E-state index contributed by atoms with van der Waals surface area (Å²) in [5, 5.41) is 0. The van der Waals surface area contributed by atoms with Crippen LogP contribution in [0.1, 0.15) is 12.4 Å². The maximum Gasteiger partial charge on any atom is 0.0626 e. The van der Waals surface area contributed by atoms with Gasteiger partial charge >= 0.3 is 0 Å². The molecule has 0 amide bonds. The summed E-state index contributed by atoms with van der Waals surface area (Å²) in [6.45, 7) is -0.0459.